The molecule has 32 heavy (non-hydrogen) atoms. The summed E-state index contributed by atoms with van der Waals surface area (Å²) in [5, 5.41) is 2.85. The number of nitrogens with one attached hydrogen (secondary N) is 1. The number of halogens is 1. The van der Waals surface area contributed by atoms with Gasteiger partial charge in [0.1, 0.15) is 5.82 Å². The molecule has 0 saturated carbocycles. The number of nitrogens with zero attached hydrogens (tertiary/aromatic N) is 1. The van der Waals surface area contributed by atoms with Crippen molar-refractivity contribution in [2.75, 3.05) is 23.4 Å². The molecular formula is C24H25FN2O3S2. The summed E-state index contributed by atoms with van der Waals surface area (Å²) >= 11 is 1.49. The van der Waals surface area contributed by atoms with Gasteiger partial charge in [-0.05, 0) is 60.2 Å². The van der Waals surface area contributed by atoms with Crippen LogP contribution in [0.1, 0.15) is 21.5 Å². The predicted molar refractivity (Wildman–Crippen MR) is 128 cm³/mol. The molecule has 1 N–H and O–H groups in total. The zero-order chi connectivity index (χ0) is 23.1. The number of para-hydroxylation sites is 1. The number of carbonyl (C=O) groups is 1. The minimum absolute atomic E-state index is 0.170. The van der Waals surface area contributed by atoms with E-state index < -0.39 is 10.0 Å². The number of sulfonamides is 1. The first-order valence-electron chi connectivity index (χ1n) is 10.0. The van der Waals surface area contributed by atoms with Crippen molar-refractivity contribution in [3.8, 4) is 0 Å². The second-order valence-electron chi connectivity index (χ2n) is 7.27. The van der Waals surface area contributed by atoms with E-state index in [1.165, 1.54) is 34.5 Å². The van der Waals surface area contributed by atoms with E-state index in [0.29, 0.717) is 24.2 Å². The fourth-order valence-electron chi connectivity index (χ4n) is 3.22. The van der Waals surface area contributed by atoms with Gasteiger partial charge in [-0.15, -0.1) is 11.8 Å². The highest BCUT2D eigenvalue weighted by molar-refractivity contribution is 7.99. The summed E-state index contributed by atoms with van der Waals surface area (Å²) in [5.74, 6) is -0.504. The van der Waals surface area contributed by atoms with E-state index >= 15 is 0 Å². The molecule has 0 aromatic heterocycles. The molecule has 5 nitrogen and oxygen atoms in total. The Balaban J connectivity index is 1.65. The summed E-state index contributed by atoms with van der Waals surface area (Å²) in [6, 6.07) is 20.4. The van der Waals surface area contributed by atoms with Gasteiger partial charge in [0.25, 0.3) is 5.91 Å². The van der Waals surface area contributed by atoms with E-state index in [1.54, 1.807) is 42.5 Å². The van der Waals surface area contributed by atoms with Crippen molar-refractivity contribution in [3.63, 3.8) is 0 Å². The van der Waals surface area contributed by atoms with Gasteiger partial charge in [-0.3, -0.25) is 9.10 Å². The standard InChI is InChI=1S/C24H25FN2O3S2/c1-31-23-6-4-3-5-22(23)27(32(2,29)30)17-19-7-11-20(12-8-19)24(28)26-16-15-18-9-13-21(25)14-10-18/h3-14H,15-17H2,1-2H3,(H,26,28). The molecule has 3 aromatic rings. The van der Waals surface area contributed by atoms with E-state index in [4.69, 9.17) is 0 Å². The van der Waals surface area contributed by atoms with Gasteiger partial charge >= 0.3 is 0 Å². The third-order valence-corrected chi connectivity index (χ3v) is 6.82. The summed E-state index contributed by atoms with van der Waals surface area (Å²) in [5.41, 5.74) is 2.83. The van der Waals surface area contributed by atoms with Crippen LogP contribution < -0.4 is 9.62 Å². The lowest BCUT2D eigenvalue weighted by Gasteiger charge is -2.24. The average molecular weight is 473 g/mol. The van der Waals surface area contributed by atoms with Crippen molar-refractivity contribution in [2.24, 2.45) is 0 Å². The molecule has 0 heterocycles. The van der Waals surface area contributed by atoms with Crippen molar-refractivity contribution in [3.05, 3.63) is 95.3 Å². The monoisotopic (exact) mass is 472 g/mol. The third kappa shape index (κ3) is 6.34. The molecule has 0 atom stereocenters. The van der Waals surface area contributed by atoms with Crippen LogP contribution >= 0.6 is 11.8 Å². The fourth-order valence-corrected chi connectivity index (χ4v) is 4.78. The fraction of sp³-hybridized carbons (Fsp3) is 0.208. The van der Waals surface area contributed by atoms with Gasteiger partial charge in [-0.1, -0.05) is 36.4 Å². The maximum absolute atomic E-state index is 13.0. The van der Waals surface area contributed by atoms with Crippen LogP contribution in [0, 0.1) is 5.82 Å². The molecule has 0 bridgehead atoms. The first kappa shape index (κ1) is 23.8. The summed E-state index contributed by atoms with van der Waals surface area (Å²) in [6.45, 7) is 0.600. The summed E-state index contributed by atoms with van der Waals surface area (Å²) < 4.78 is 39.3. The predicted octanol–water partition coefficient (Wildman–Crippen LogP) is 4.49. The Bertz CT molecular complexity index is 1160. The maximum atomic E-state index is 13.0. The number of rotatable bonds is 9. The molecule has 0 fully saturated rings. The summed E-state index contributed by atoms with van der Waals surface area (Å²) in [7, 11) is -3.50. The number of hydrogen-bond acceptors (Lipinski definition) is 4. The van der Waals surface area contributed by atoms with Gasteiger partial charge in [-0.25, -0.2) is 12.8 Å². The van der Waals surface area contributed by atoms with Crippen LogP contribution in [-0.4, -0.2) is 33.4 Å². The van der Waals surface area contributed by atoms with Crippen LogP contribution in [0.3, 0.4) is 0 Å². The molecule has 0 unspecified atom stereocenters. The number of anilines is 1. The van der Waals surface area contributed by atoms with Crippen LogP contribution in [0.25, 0.3) is 0 Å². The number of hydrogen-bond donors (Lipinski definition) is 1. The number of benzene rings is 3. The Hall–Kier alpha value is -2.84. The molecule has 0 aliphatic carbocycles. The van der Waals surface area contributed by atoms with Crippen molar-refractivity contribution in [2.45, 2.75) is 17.9 Å². The summed E-state index contributed by atoms with van der Waals surface area (Å²) in [4.78, 5) is 13.3. The van der Waals surface area contributed by atoms with E-state index in [2.05, 4.69) is 5.32 Å². The van der Waals surface area contributed by atoms with E-state index in [0.717, 1.165) is 16.0 Å². The van der Waals surface area contributed by atoms with Crippen molar-refractivity contribution in [1.82, 2.24) is 5.32 Å². The molecular weight excluding hydrogens is 447 g/mol. The highest BCUT2D eigenvalue weighted by Crippen LogP contribution is 2.31. The molecule has 1 amide bonds. The van der Waals surface area contributed by atoms with Crippen LogP contribution in [0.4, 0.5) is 10.1 Å². The summed E-state index contributed by atoms with van der Waals surface area (Å²) in [6.07, 6.45) is 3.69. The minimum Gasteiger partial charge on any atom is -0.352 e. The quantitative estimate of drug-likeness (QED) is 0.466. The van der Waals surface area contributed by atoms with E-state index in [9.17, 15) is 17.6 Å². The molecule has 0 aliphatic heterocycles. The van der Waals surface area contributed by atoms with Gasteiger partial charge in [0.15, 0.2) is 0 Å². The van der Waals surface area contributed by atoms with Crippen molar-refractivity contribution < 1.29 is 17.6 Å². The van der Waals surface area contributed by atoms with Crippen LogP contribution in [0.15, 0.2) is 77.7 Å². The average Bonchev–Trinajstić information content (AvgIpc) is 2.78. The number of carbonyl (C=O) groups excluding carboxylic acids is 1. The highest BCUT2D eigenvalue weighted by atomic mass is 32.2. The molecule has 0 saturated heterocycles. The lowest BCUT2D eigenvalue weighted by Crippen LogP contribution is -2.30. The van der Waals surface area contributed by atoms with Crippen LogP contribution in [0.2, 0.25) is 0 Å². The zero-order valence-corrected chi connectivity index (χ0v) is 19.5. The highest BCUT2D eigenvalue weighted by Gasteiger charge is 2.20. The van der Waals surface area contributed by atoms with Gasteiger partial charge < -0.3 is 5.32 Å². The smallest absolute Gasteiger partial charge is 0.251 e. The van der Waals surface area contributed by atoms with Crippen LogP contribution in [0.5, 0.6) is 0 Å². The normalized spacial score (nSPS) is 11.2. The maximum Gasteiger partial charge on any atom is 0.251 e. The Morgan fingerprint density at radius 2 is 1.59 bits per heavy atom. The zero-order valence-electron chi connectivity index (χ0n) is 17.9. The Morgan fingerprint density at radius 3 is 2.22 bits per heavy atom. The van der Waals surface area contributed by atoms with Gasteiger partial charge in [-0.2, -0.15) is 0 Å². The lowest BCUT2D eigenvalue weighted by atomic mass is 10.1. The first-order chi connectivity index (χ1) is 15.3. The Kier molecular flexibility index (Phi) is 7.93. The van der Waals surface area contributed by atoms with Crippen molar-refractivity contribution >= 4 is 33.4 Å². The first-order valence-corrected chi connectivity index (χ1v) is 13.1. The molecule has 3 rings (SSSR count). The molecule has 8 heteroatoms. The molecule has 0 spiro atoms. The minimum atomic E-state index is -3.50. The van der Waals surface area contributed by atoms with Gasteiger partial charge in [0.2, 0.25) is 10.0 Å². The van der Waals surface area contributed by atoms with Gasteiger partial charge in [0, 0.05) is 17.0 Å². The molecule has 0 aliphatic rings. The Morgan fingerprint density at radius 1 is 0.969 bits per heavy atom. The second-order valence-corrected chi connectivity index (χ2v) is 10.0. The molecule has 3 aromatic carbocycles. The van der Waals surface area contributed by atoms with E-state index in [1.807, 2.05) is 24.5 Å². The number of amides is 1. The van der Waals surface area contributed by atoms with E-state index in [-0.39, 0.29) is 18.3 Å². The number of thioether (sulfide) groups is 1. The molecule has 0 radical (unpaired) electrons. The molecule has 168 valence electrons. The lowest BCUT2D eigenvalue weighted by molar-refractivity contribution is 0.0954. The van der Waals surface area contributed by atoms with Crippen molar-refractivity contribution in [1.29, 1.82) is 0 Å². The topological polar surface area (TPSA) is 66.5 Å². The largest absolute Gasteiger partial charge is 0.352 e. The Labute approximate surface area is 192 Å². The third-order valence-electron chi connectivity index (χ3n) is 4.91. The van der Waals surface area contributed by atoms with Gasteiger partial charge in [0.05, 0.1) is 18.5 Å². The second kappa shape index (κ2) is 10.7. The van der Waals surface area contributed by atoms with Crippen LogP contribution in [-0.2, 0) is 23.0 Å². The SMILES string of the molecule is CSc1ccccc1N(Cc1ccc(C(=O)NCCc2ccc(F)cc2)cc1)S(C)(=O)=O.